The number of nitrogens with one attached hydrogen (secondary N) is 4. The molecule has 0 aliphatic carbocycles. The van der Waals surface area contributed by atoms with Gasteiger partial charge in [-0.05, 0) is 0 Å². The molecule has 0 heterocycles. The molecule has 10 nitrogen and oxygen atoms in total. The van der Waals surface area contributed by atoms with E-state index < -0.39 is 20.7 Å². The lowest BCUT2D eigenvalue weighted by atomic mass is 10.3. The van der Waals surface area contributed by atoms with Gasteiger partial charge in [0.15, 0.2) is 33.2 Å². The molecule has 0 aliphatic rings. The molecule has 174 valence electrons. The summed E-state index contributed by atoms with van der Waals surface area (Å²) in [6, 6.07) is 32.2. The molecule has 4 rings (SSSR count). The van der Waals surface area contributed by atoms with Crippen LogP contribution in [-0.2, 0) is 0 Å². The Bertz CT molecular complexity index is 957. The summed E-state index contributed by atoms with van der Waals surface area (Å²) in [4.78, 5) is 0. The van der Waals surface area contributed by atoms with Gasteiger partial charge in [-0.15, -0.1) is 0 Å². The van der Waals surface area contributed by atoms with E-state index in [1.54, 1.807) is 72.8 Å². The topological polar surface area (TPSA) is 116 Å². The van der Waals surface area contributed by atoms with Gasteiger partial charge in [-0.1, -0.05) is 72.8 Å². The maximum Gasteiger partial charge on any atom is 0.189 e. The Kier molecular flexibility index (Phi) is 7.69. The fourth-order valence-corrected chi connectivity index (χ4v) is 3.36. The molecule has 0 aromatic heterocycles. The van der Waals surface area contributed by atoms with Crippen molar-refractivity contribution in [3.63, 3.8) is 0 Å². The summed E-state index contributed by atoms with van der Waals surface area (Å²) >= 11 is 0. The Morgan fingerprint density at radius 3 is 0.676 bits per heavy atom. The van der Waals surface area contributed by atoms with Crippen LogP contribution in [0.4, 0.5) is 22.7 Å². The number of nitrogens with zero attached hydrogens (tertiary/aromatic N) is 2. The van der Waals surface area contributed by atoms with Crippen molar-refractivity contribution in [1.82, 2.24) is 10.5 Å². The van der Waals surface area contributed by atoms with Crippen molar-refractivity contribution in [3.8, 4) is 0 Å². The van der Waals surface area contributed by atoms with E-state index in [-0.39, 0.29) is 22.7 Å². The maximum absolute atomic E-state index is 13.6. The first-order chi connectivity index (χ1) is 16.6. The largest absolute Gasteiger partial charge is 0.602 e. The number of rotatable bonds is 9. The normalized spacial score (nSPS) is 15.1. The first-order valence-corrected chi connectivity index (χ1v) is 10.6. The highest BCUT2D eigenvalue weighted by molar-refractivity contribution is 5.30. The highest BCUT2D eigenvalue weighted by atomic mass is 16.7. The van der Waals surface area contributed by atoms with Crippen LogP contribution in [0.2, 0.25) is 0 Å². The van der Waals surface area contributed by atoms with Gasteiger partial charge in [-0.25, -0.2) is 0 Å². The van der Waals surface area contributed by atoms with E-state index in [0.29, 0.717) is 10.5 Å². The quantitative estimate of drug-likeness (QED) is 0.262. The smallest absolute Gasteiger partial charge is 0.189 e. The Morgan fingerprint density at radius 2 is 0.500 bits per heavy atom. The zero-order valence-corrected chi connectivity index (χ0v) is 18.1. The van der Waals surface area contributed by atoms with Crippen LogP contribution in [0.1, 0.15) is 0 Å². The molecule has 4 aromatic rings. The summed E-state index contributed by atoms with van der Waals surface area (Å²) in [6.45, 7) is 0. The number of benzene rings is 4. The zero-order chi connectivity index (χ0) is 23.9. The van der Waals surface area contributed by atoms with E-state index in [1.165, 1.54) is 48.5 Å². The van der Waals surface area contributed by atoms with Gasteiger partial charge in [0.1, 0.15) is 0 Å². The molecule has 34 heavy (non-hydrogen) atoms. The van der Waals surface area contributed by atoms with Crippen molar-refractivity contribution in [3.05, 3.63) is 142 Å². The molecule has 4 aromatic carbocycles. The molecule has 4 unspecified atom stereocenters. The van der Waals surface area contributed by atoms with E-state index in [2.05, 4.69) is 0 Å². The van der Waals surface area contributed by atoms with Crippen LogP contribution >= 0.6 is 0 Å². The average Bonchev–Trinajstić information content (AvgIpc) is 2.92. The molecule has 0 saturated carbocycles. The first-order valence-electron chi connectivity index (χ1n) is 10.6. The fourth-order valence-electron chi connectivity index (χ4n) is 3.36. The summed E-state index contributed by atoms with van der Waals surface area (Å²) in [5.74, 6) is 0. The third-order valence-electron chi connectivity index (χ3n) is 5.05. The summed E-state index contributed by atoms with van der Waals surface area (Å²) in [7, 11) is 0. The minimum atomic E-state index is -0.803. The number of quaternary nitrogens is 4. The van der Waals surface area contributed by atoms with E-state index in [0.717, 1.165) is 0 Å². The molecule has 4 N–H and O–H groups in total. The van der Waals surface area contributed by atoms with Crippen LogP contribution in [0, 0.1) is 20.8 Å². The van der Waals surface area contributed by atoms with Crippen LogP contribution < -0.4 is 20.7 Å². The third-order valence-corrected chi connectivity index (χ3v) is 5.05. The van der Waals surface area contributed by atoms with Crippen molar-refractivity contribution < 1.29 is 20.7 Å². The second kappa shape index (κ2) is 11.1. The Hall–Kier alpha value is -3.52. The number of hydrazine groups is 1. The van der Waals surface area contributed by atoms with Gasteiger partial charge >= 0.3 is 0 Å². The predicted octanol–water partition coefficient (Wildman–Crippen LogP) is 0.0230. The monoisotopic (exact) mass is 460 g/mol. The van der Waals surface area contributed by atoms with E-state index in [4.69, 9.17) is 0 Å². The Balaban J connectivity index is 1.85. The molecule has 0 radical (unpaired) electrons. The molecule has 0 amide bonds. The van der Waals surface area contributed by atoms with Crippen LogP contribution in [0.25, 0.3) is 0 Å². The lowest BCUT2D eigenvalue weighted by Crippen LogP contribution is -3.45. The van der Waals surface area contributed by atoms with Gasteiger partial charge in [0.25, 0.3) is 0 Å². The second-order valence-electron chi connectivity index (χ2n) is 7.31. The van der Waals surface area contributed by atoms with Crippen molar-refractivity contribution >= 4 is 22.7 Å². The molecule has 10 heteroatoms. The zero-order valence-electron chi connectivity index (χ0n) is 18.1. The highest BCUT2D eigenvalue weighted by Crippen LogP contribution is 2.04. The highest BCUT2D eigenvalue weighted by Gasteiger charge is 2.42. The molecule has 0 fully saturated rings. The summed E-state index contributed by atoms with van der Waals surface area (Å²) in [6.07, 6.45) is 0. The Labute approximate surface area is 196 Å². The van der Waals surface area contributed by atoms with Gasteiger partial charge in [0, 0.05) is 48.5 Å². The predicted molar refractivity (Wildman–Crippen MR) is 125 cm³/mol. The van der Waals surface area contributed by atoms with Gasteiger partial charge < -0.3 is 20.8 Å². The minimum Gasteiger partial charge on any atom is -0.602 e. The first kappa shape index (κ1) is 23.6. The summed E-state index contributed by atoms with van der Waals surface area (Å²) in [5.41, 5.74) is 0.606. The Morgan fingerprint density at radius 1 is 0.324 bits per heavy atom. The van der Waals surface area contributed by atoms with Crippen LogP contribution in [0.15, 0.2) is 121 Å². The van der Waals surface area contributed by atoms with Crippen molar-refractivity contribution in [1.29, 1.82) is 0 Å². The molecule has 0 saturated heterocycles. The SMILES string of the molecule is [O-][NH+](c1ccccc1)N(N([NH+]([O-])c1ccccc1)[NH+]([O-])c1ccccc1)[NH+]([O-])c1ccccc1. The van der Waals surface area contributed by atoms with Gasteiger partial charge in [0.05, 0.1) is 0 Å². The van der Waals surface area contributed by atoms with Crippen molar-refractivity contribution in [2.75, 3.05) is 0 Å². The standard InChI is InChI=1S/C24H24N6O4/c31-25(21-13-5-1-6-14-21)29(26(32)22-15-7-2-8-16-22)30(27(33)23-17-9-3-10-18-23)28(34)24-19-11-4-12-20-24/h1-20,25-28H. The second-order valence-corrected chi connectivity index (χ2v) is 7.31. The molecular weight excluding hydrogens is 436 g/mol. The lowest BCUT2D eigenvalue weighted by molar-refractivity contribution is -1.33. The molecule has 0 spiro atoms. The summed E-state index contributed by atoms with van der Waals surface area (Å²) in [5, 5.41) is 52.6. The van der Waals surface area contributed by atoms with Crippen molar-refractivity contribution in [2.24, 2.45) is 0 Å². The molecular formula is C24H24N6O4. The van der Waals surface area contributed by atoms with Crippen molar-refractivity contribution in [2.45, 2.75) is 0 Å². The van der Waals surface area contributed by atoms with Crippen LogP contribution in [0.3, 0.4) is 0 Å². The number of hydrogen-bond donors (Lipinski definition) is 4. The fraction of sp³-hybridized carbons (Fsp3) is 0. The number of hydrogen-bond acceptors (Lipinski definition) is 6. The van der Waals surface area contributed by atoms with E-state index in [9.17, 15) is 20.8 Å². The maximum atomic E-state index is 13.6. The third kappa shape index (κ3) is 5.17. The van der Waals surface area contributed by atoms with Gasteiger partial charge in [-0.3, -0.25) is 0 Å². The minimum absolute atomic E-state index is 0.151. The van der Waals surface area contributed by atoms with Crippen LogP contribution in [0.5, 0.6) is 0 Å². The summed E-state index contributed by atoms with van der Waals surface area (Å²) < 4.78 is 0. The van der Waals surface area contributed by atoms with Gasteiger partial charge in [-0.2, -0.15) is 20.7 Å². The molecule has 0 bridgehead atoms. The lowest BCUT2D eigenvalue weighted by Gasteiger charge is -2.45. The molecule has 4 atom stereocenters. The van der Waals surface area contributed by atoms with Gasteiger partial charge in [0.2, 0.25) is 0 Å². The van der Waals surface area contributed by atoms with E-state index >= 15 is 0 Å². The van der Waals surface area contributed by atoms with Crippen LogP contribution in [-0.4, -0.2) is 10.5 Å². The average molecular weight is 460 g/mol. The molecule has 0 aliphatic heterocycles. The van der Waals surface area contributed by atoms with E-state index in [1.807, 2.05) is 0 Å².